The van der Waals surface area contributed by atoms with E-state index >= 15 is 0 Å². The van der Waals surface area contributed by atoms with Crippen LogP contribution in [0.1, 0.15) is 10.5 Å². The normalized spacial score (nSPS) is 10.5. The number of ether oxygens (including phenoxy) is 2. The molecular formula is C17H11Cl2NO3S. The van der Waals surface area contributed by atoms with Gasteiger partial charge in [-0.3, -0.25) is 0 Å². The van der Waals surface area contributed by atoms with E-state index < -0.39 is 5.97 Å². The molecular weight excluding hydrogens is 369 g/mol. The third-order valence-corrected chi connectivity index (χ3v) is 4.65. The Labute approximate surface area is 152 Å². The number of carbonyl (C=O) groups is 1. The molecule has 3 rings (SSSR count). The second-order valence-electron chi connectivity index (χ2n) is 4.70. The molecule has 1 aromatic heterocycles. The number of esters is 1. The fourth-order valence-corrected chi connectivity index (χ4v) is 3.54. The molecule has 0 N–H and O–H groups in total. The van der Waals surface area contributed by atoms with Crippen LogP contribution in [0.25, 0.3) is 10.6 Å². The number of hydrogen-bond donors (Lipinski definition) is 0. The predicted octanol–water partition coefficient (Wildman–Crippen LogP) is 5.34. The predicted molar refractivity (Wildman–Crippen MR) is 95.5 cm³/mol. The summed E-state index contributed by atoms with van der Waals surface area (Å²) in [7, 11) is 1.57. The highest BCUT2D eigenvalue weighted by Gasteiger charge is 2.17. The van der Waals surface area contributed by atoms with E-state index in [2.05, 4.69) is 4.98 Å². The Morgan fingerprint density at radius 1 is 1.04 bits per heavy atom. The first-order valence-corrected chi connectivity index (χ1v) is 8.48. The Morgan fingerprint density at radius 3 is 2.29 bits per heavy atom. The van der Waals surface area contributed by atoms with Crippen LogP contribution in [0.4, 0.5) is 0 Å². The number of hydrogen-bond acceptors (Lipinski definition) is 5. The summed E-state index contributed by atoms with van der Waals surface area (Å²) in [5.41, 5.74) is 0.802. The van der Waals surface area contributed by atoms with Crippen LogP contribution in [-0.4, -0.2) is 18.1 Å². The topological polar surface area (TPSA) is 48.4 Å². The Hall–Kier alpha value is -2.08. The molecule has 0 spiro atoms. The van der Waals surface area contributed by atoms with Crippen molar-refractivity contribution in [3.05, 3.63) is 63.6 Å². The molecule has 0 amide bonds. The van der Waals surface area contributed by atoms with Crippen molar-refractivity contribution in [2.45, 2.75) is 0 Å². The van der Waals surface area contributed by atoms with Crippen LogP contribution in [0.15, 0.2) is 47.8 Å². The Balaban J connectivity index is 1.81. The van der Waals surface area contributed by atoms with Crippen LogP contribution in [0, 0.1) is 0 Å². The van der Waals surface area contributed by atoms with Crippen LogP contribution < -0.4 is 9.47 Å². The van der Waals surface area contributed by atoms with Crippen molar-refractivity contribution >= 4 is 40.5 Å². The van der Waals surface area contributed by atoms with Gasteiger partial charge in [-0.05, 0) is 36.4 Å². The molecule has 1 heterocycles. The summed E-state index contributed by atoms with van der Waals surface area (Å²) in [5.74, 6) is 0.538. The average Bonchev–Trinajstić information content (AvgIpc) is 3.05. The van der Waals surface area contributed by atoms with E-state index in [0.29, 0.717) is 32.1 Å². The van der Waals surface area contributed by atoms with E-state index in [1.807, 2.05) is 0 Å². The minimum Gasteiger partial charge on any atom is -0.497 e. The summed E-state index contributed by atoms with van der Waals surface area (Å²) in [6, 6.07) is 11.9. The standard InChI is InChI=1S/C17H11Cl2NO3S/c1-22-10-5-7-11(8-6-10)23-17(21)14-9-24-16(20-14)15-12(18)3-2-4-13(15)19/h2-9H,1H3. The molecule has 0 aliphatic heterocycles. The highest BCUT2D eigenvalue weighted by atomic mass is 35.5. The number of aromatic nitrogens is 1. The van der Waals surface area contributed by atoms with E-state index in [1.54, 1.807) is 55.0 Å². The van der Waals surface area contributed by atoms with Crippen molar-refractivity contribution in [1.29, 1.82) is 0 Å². The van der Waals surface area contributed by atoms with E-state index in [4.69, 9.17) is 32.7 Å². The Bertz CT molecular complexity index is 858. The molecule has 7 heteroatoms. The van der Waals surface area contributed by atoms with Gasteiger partial charge in [0.05, 0.1) is 17.2 Å². The van der Waals surface area contributed by atoms with Crippen molar-refractivity contribution in [3.63, 3.8) is 0 Å². The summed E-state index contributed by atoms with van der Waals surface area (Å²) in [6.07, 6.45) is 0. The van der Waals surface area contributed by atoms with Gasteiger partial charge in [0.15, 0.2) is 5.69 Å². The van der Waals surface area contributed by atoms with Gasteiger partial charge in [0.25, 0.3) is 0 Å². The lowest BCUT2D eigenvalue weighted by Gasteiger charge is -2.04. The summed E-state index contributed by atoms with van der Waals surface area (Å²) in [6.45, 7) is 0. The summed E-state index contributed by atoms with van der Waals surface area (Å²) in [4.78, 5) is 16.5. The lowest BCUT2D eigenvalue weighted by atomic mass is 10.2. The summed E-state index contributed by atoms with van der Waals surface area (Å²) in [5, 5.41) is 3.13. The lowest BCUT2D eigenvalue weighted by molar-refractivity contribution is 0.0729. The van der Waals surface area contributed by atoms with E-state index in [-0.39, 0.29) is 5.69 Å². The van der Waals surface area contributed by atoms with E-state index in [9.17, 15) is 4.79 Å². The molecule has 0 aliphatic carbocycles. The van der Waals surface area contributed by atoms with Gasteiger partial charge in [0, 0.05) is 10.9 Å². The Kier molecular flexibility index (Phi) is 5.04. The first-order valence-electron chi connectivity index (χ1n) is 6.84. The smallest absolute Gasteiger partial charge is 0.363 e. The van der Waals surface area contributed by atoms with Gasteiger partial charge in [-0.2, -0.15) is 0 Å². The van der Waals surface area contributed by atoms with Crippen molar-refractivity contribution in [2.75, 3.05) is 7.11 Å². The number of thiazole rings is 1. The number of carbonyl (C=O) groups excluding carboxylic acids is 1. The quantitative estimate of drug-likeness (QED) is 0.453. The minimum atomic E-state index is -0.550. The van der Waals surface area contributed by atoms with Gasteiger partial charge < -0.3 is 9.47 Å². The zero-order valence-electron chi connectivity index (χ0n) is 12.5. The van der Waals surface area contributed by atoms with Crippen LogP contribution >= 0.6 is 34.5 Å². The number of halogens is 2. The monoisotopic (exact) mass is 379 g/mol. The molecule has 0 saturated carbocycles. The number of nitrogens with zero attached hydrogens (tertiary/aromatic N) is 1. The second-order valence-corrected chi connectivity index (χ2v) is 6.37. The van der Waals surface area contributed by atoms with Gasteiger partial charge in [0.1, 0.15) is 16.5 Å². The highest BCUT2D eigenvalue weighted by Crippen LogP contribution is 2.36. The van der Waals surface area contributed by atoms with Crippen LogP contribution in [0.5, 0.6) is 11.5 Å². The highest BCUT2D eigenvalue weighted by molar-refractivity contribution is 7.13. The molecule has 0 bridgehead atoms. The SMILES string of the molecule is COc1ccc(OC(=O)c2csc(-c3c(Cl)cccc3Cl)n2)cc1. The van der Waals surface area contributed by atoms with E-state index in [1.165, 1.54) is 11.3 Å². The third kappa shape index (κ3) is 3.53. The van der Waals surface area contributed by atoms with Gasteiger partial charge in [-0.15, -0.1) is 11.3 Å². The van der Waals surface area contributed by atoms with Crippen molar-refractivity contribution in [2.24, 2.45) is 0 Å². The maximum atomic E-state index is 12.2. The molecule has 0 atom stereocenters. The fourth-order valence-electron chi connectivity index (χ4n) is 1.99. The maximum Gasteiger partial charge on any atom is 0.363 e. The van der Waals surface area contributed by atoms with Crippen LogP contribution in [0.2, 0.25) is 10.0 Å². The van der Waals surface area contributed by atoms with Crippen molar-refractivity contribution in [3.8, 4) is 22.1 Å². The van der Waals surface area contributed by atoms with Crippen LogP contribution in [0.3, 0.4) is 0 Å². The minimum absolute atomic E-state index is 0.196. The largest absolute Gasteiger partial charge is 0.497 e. The molecule has 122 valence electrons. The fraction of sp³-hybridized carbons (Fsp3) is 0.0588. The zero-order valence-corrected chi connectivity index (χ0v) is 14.8. The summed E-state index contributed by atoms with van der Waals surface area (Å²) >= 11 is 13.6. The molecule has 0 saturated heterocycles. The van der Waals surface area contributed by atoms with Gasteiger partial charge >= 0.3 is 5.97 Å². The van der Waals surface area contributed by atoms with Crippen molar-refractivity contribution < 1.29 is 14.3 Å². The maximum absolute atomic E-state index is 12.2. The van der Waals surface area contributed by atoms with Gasteiger partial charge in [-0.1, -0.05) is 29.3 Å². The number of rotatable bonds is 4. The Morgan fingerprint density at radius 2 is 1.67 bits per heavy atom. The van der Waals surface area contributed by atoms with Gasteiger partial charge in [0.2, 0.25) is 0 Å². The zero-order chi connectivity index (χ0) is 17.1. The molecule has 0 aliphatic rings. The third-order valence-electron chi connectivity index (χ3n) is 3.16. The van der Waals surface area contributed by atoms with Gasteiger partial charge in [-0.25, -0.2) is 9.78 Å². The molecule has 2 aromatic carbocycles. The second kappa shape index (κ2) is 7.21. The molecule has 0 fully saturated rings. The molecule has 0 unspecified atom stereocenters. The lowest BCUT2D eigenvalue weighted by Crippen LogP contribution is -2.08. The molecule has 24 heavy (non-hydrogen) atoms. The van der Waals surface area contributed by atoms with Crippen LogP contribution in [-0.2, 0) is 0 Å². The van der Waals surface area contributed by atoms with Crippen molar-refractivity contribution in [1.82, 2.24) is 4.98 Å². The first-order chi connectivity index (χ1) is 11.6. The molecule has 0 radical (unpaired) electrons. The molecule has 3 aromatic rings. The van der Waals surface area contributed by atoms with E-state index in [0.717, 1.165) is 0 Å². The number of methoxy groups -OCH3 is 1. The molecule has 4 nitrogen and oxygen atoms in total. The first kappa shape index (κ1) is 16.8. The average molecular weight is 380 g/mol. The number of benzene rings is 2. The summed E-state index contributed by atoms with van der Waals surface area (Å²) < 4.78 is 10.4.